The molecule has 1 aromatic carbocycles. The molecule has 0 spiro atoms. The molecule has 0 aliphatic rings. The number of rotatable bonds is 6. The summed E-state index contributed by atoms with van der Waals surface area (Å²) in [6, 6.07) is 14.7. The summed E-state index contributed by atoms with van der Waals surface area (Å²) in [6.07, 6.45) is 1.65. The first kappa shape index (κ1) is 14.7. The van der Waals surface area contributed by atoms with Gasteiger partial charge in [-0.1, -0.05) is 36.4 Å². The average Bonchev–Trinajstić information content (AvgIpc) is 2.48. The van der Waals surface area contributed by atoms with Crippen LogP contribution >= 0.6 is 0 Å². The zero-order valence-electron chi connectivity index (χ0n) is 11.9. The van der Waals surface area contributed by atoms with E-state index in [1.165, 1.54) is 0 Å². The first-order valence-electron chi connectivity index (χ1n) is 6.61. The third kappa shape index (κ3) is 3.42. The van der Waals surface area contributed by atoms with Gasteiger partial charge >= 0.3 is 0 Å². The fourth-order valence-electron chi connectivity index (χ4n) is 1.91. The van der Waals surface area contributed by atoms with E-state index in [2.05, 4.69) is 4.98 Å². The van der Waals surface area contributed by atoms with E-state index in [0.29, 0.717) is 17.9 Å². The van der Waals surface area contributed by atoms with E-state index >= 15 is 0 Å². The SMILES string of the molecule is CN(C)CCOC(O)(c1ccccc1)c1ccccn1. The molecule has 0 aliphatic heterocycles. The van der Waals surface area contributed by atoms with E-state index in [-0.39, 0.29) is 0 Å². The number of pyridine rings is 1. The number of ether oxygens (including phenoxy) is 1. The van der Waals surface area contributed by atoms with Gasteiger partial charge in [0.15, 0.2) is 0 Å². The Kier molecular flexibility index (Phi) is 4.84. The van der Waals surface area contributed by atoms with Crippen LogP contribution in [0.2, 0.25) is 0 Å². The van der Waals surface area contributed by atoms with Gasteiger partial charge in [0, 0.05) is 18.3 Å². The normalized spacial score (nSPS) is 14.2. The van der Waals surface area contributed by atoms with Gasteiger partial charge in [-0.25, -0.2) is 0 Å². The molecular weight excluding hydrogens is 252 g/mol. The smallest absolute Gasteiger partial charge is 0.237 e. The molecule has 2 aromatic rings. The third-order valence-corrected chi connectivity index (χ3v) is 3.03. The highest BCUT2D eigenvalue weighted by molar-refractivity contribution is 5.29. The molecule has 0 saturated carbocycles. The Morgan fingerprint density at radius 3 is 2.40 bits per heavy atom. The molecule has 1 aromatic heterocycles. The Bertz CT molecular complexity index is 475. The van der Waals surface area contributed by atoms with Crippen molar-refractivity contribution in [3.63, 3.8) is 0 Å². The second-order valence-electron chi connectivity index (χ2n) is 4.88. The van der Waals surface area contributed by atoms with E-state index in [9.17, 15) is 5.11 Å². The highest BCUT2D eigenvalue weighted by Gasteiger charge is 2.34. The Hall–Kier alpha value is -1.75. The molecule has 1 N–H and O–H groups in total. The van der Waals surface area contributed by atoms with Crippen LogP contribution in [-0.4, -0.2) is 42.2 Å². The van der Waals surface area contributed by atoms with Crippen molar-refractivity contribution in [3.8, 4) is 0 Å². The first-order valence-corrected chi connectivity index (χ1v) is 6.61. The predicted octanol–water partition coefficient (Wildman–Crippen LogP) is 1.85. The van der Waals surface area contributed by atoms with Crippen molar-refractivity contribution in [2.45, 2.75) is 5.79 Å². The molecule has 106 valence electrons. The molecule has 0 aliphatic carbocycles. The van der Waals surface area contributed by atoms with E-state index in [0.717, 1.165) is 6.54 Å². The van der Waals surface area contributed by atoms with Crippen molar-refractivity contribution < 1.29 is 9.84 Å². The summed E-state index contributed by atoms with van der Waals surface area (Å²) in [4.78, 5) is 6.24. The molecule has 1 unspecified atom stereocenters. The Morgan fingerprint density at radius 1 is 1.10 bits per heavy atom. The summed E-state index contributed by atoms with van der Waals surface area (Å²) >= 11 is 0. The van der Waals surface area contributed by atoms with Crippen LogP contribution in [-0.2, 0) is 10.5 Å². The summed E-state index contributed by atoms with van der Waals surface area (Å²) in [6.45, 7) is 1.14. The van der Waals surface area contributed by atoms with E-state index < -0.39 is 5.79 Å². The second-order valence-corrected chi connectivity index (χ2v) is 4.88. The maximum absolute atomic E-state index is 11.0. The average molecular weight is 272 g/mol. The molecule has 0 saturated heterocycles. The molecule has 0 radical (unpaired) electrons. The van der Waals surface area contributed by atoms with Crippen LogP contribution in [0.4, 0.5) is 0 Å². The fourth-order valence-corrected chi connectivity index (χ4v) is 1.91. The number of aliphatic hydroxyl groups is 1. The molecule has 4 nitrogen and oxygen atoms in total. The minimum absolute atomic E-state index is 0.412. The fraction of sp³-hybridized carbons (Fsp3) is 0.312. The lowest BCUT2D eigenvalue weighted by atomic mass is 10.0. The Morgan fingerprint density at radius 2 is 1.80 bits per heavy atom. The standard InChI is InChI=1S/C16H20N2O2/c1-18(2)12-13-20-16(19,14-8-4-3-5-9-14)15-10-6-7-11-17-15/h3-11,19H,12-13H2,1-2H3. The number of hydrogen-bond donors (Lipinski definition) is 1. The zero-order chi connectivity index (χ0) is 14.4. The minimum atomic E-state index is -1.52. The lowest BCUT2D eigenvalue weighted by Crippen LogP contribution is -2.34. The van der Waals surface area contributed by atoms with Crippen LogP contribution < -0.4 is 0 Å². The molecule has 4 heteroatoms. The highest BCUT2D eigenvalue weighted by Crippen LogP contribution is 2.29. The minimum Gasteiger partial charge on any atom is -0.357 e. The van der Waals surface area contributed by atoms with Gasteiger partial charge in [0.1, 0.15) is 5.69 Å². The van der Waals surface area contributed by atoms with Crippen LogP contribution in [0.3, 0.4) is 0 Å². The largest absolute Gasteiger partial charge is 0.357 e. The van der Waals surface area contributed by atoms with Gasteiger partial charge in [-0.15, -0.1) is 0 Å². The third-order valence-electron chi connectivity index (χ3n) is 3.03. The van der Waals surface area contributed by atoms with Crippen molar-refractivity contribution in [1.29, 1.82) is 0 Å². The van der Waals surface area contributed by atoms with Crippen LogP contribution in [0.25, 0.3) is 0 Å². The van der Waals surface area contributed by atoms with Gasteiger partial charge < -0.3 is 14.7 Å². The molecule has 0 amide bonds. The van der Waals surface area contributed by atoms with Crippen molar-refractivity contribution in [1.82, 2.24) is 9.88 Å². The maximum Gasteiger partial charge on any atom is 0.237 e. The number of nitrogens with zero attached hydrogens (tertiary/aromatic N) is 2. The van der Waals surface area contributed by atoms with Crippen molar-refractivity contribution >= 4 is 0 Å². The van der Waals surface area contributed by atoms with Gasteiger partial charge in [-0.2, -0.15) is 0 Å². The van der Waals surface area contributed by atoms with Gasteiger partial charge in [0.2, 0.25) is 5.79 Å². The monoisotopic (exact) mass is 272 g/mol. The molecule has 0 fully saturated rings. The van der Waals surface area contributed by atoms with Crippen molar-refractivity contribution in [2.75, 3.05) is 27.2 Å². The number of likely N-dealkylation sites (N-methyl/N-ethyl adjacent to an activating group) is 1. The van der Waals surface area contributed by atoms with Crippen molar-refractivity contribution in [3.05, 3.63) is 66.0 Å². The van der Waals surface area contributed by atoms with Crippen LogP contribution in [0, 0.1) is 0 Å². The summed E-state index contributed by atoms with van der Waals surface area (Å²) in [5.74, 6) is -1.52. The van der Waals surface area contributed by atoms with E-state index in [1.807, 2.05) is 61.5 Å². The topological polar surface area (TPSA) is 45.6 Å². The number of aromatic nitrogens is 1. The highest BCUT2D eigenvalue weighted by atomic mass is 16.6. The summed E-state index contributed by atoms with van der Waals surface area (Å²) in [5.41, 5.74) is 1.17. The van der Waals surface area contributed by atoms with E-state index in [1.54, 1.807) is 12.3 Å². The Labute approximate surface area is 119 Å². The lowest BCUT2D eigenvalue weighted by Gasteiger charge is -2.28. The van der Waals surface area contributed by atoms with Crippen molar-refractivity contribution in [2.24, 2.45) is 0 Å². The molecule has 0 bridgehead atoms. The quantitative estimate of drug-likeness (QED) is 0.815. The van der Waals surface area contributed by atoms with Gasteiger partial charge in [-0.05, 0) is 26.2 Å². The summed E-state index contributed by atoms with van der Waals surface area (Å²) in [5, 5.41) is 11.0. The molecule has 2 rings (SSSR count). The van der Waals surface area contributed by atoms with Gasteiger partial charge in [0.25, 0.3) is 0 Å². The summed E-state index contributed by atoms with van der Waals surface area (Å²) in [7, 11) is 3.93. The number of benzene rings is 1. The lowest BCUT2D eigenvalue weighted by molar-refractivity contribution is -0.184. The zero-order valence-corrected chi connectivity index (χ0v) is 11.9. The van der Waals surface area contributed by atoms with Gasteiger partial charge in [0.05, 0.1) is 6.61 Å². The molecule has 1 heterocycles. The van der Waals surface area contributed by atoms with E-state index in [4.69, 9.17) is 4.74 Å². The van der Waals surface area contributed by atoms with Crippen LogP contribution in [0.5, 0.6) is 0 Å². The Balaban J connectivity index is 2.29. The second kappa shape index (κ2) is 6.61. The maximum atomic E-state index is 11.0. The molecule has 1 atom stereocenters. The van der Waals surface area contributed by atoms with Crippen LogP contribution in [0.15, 0.2) is 54.7 Å². The van der Waals surface area contributed by atoms with Crippen LogP contribution in [0.1, 0.15) is 11.3 Å². The summed E-state index contributed by atoms with van der Waals surface area (Å²) < 4.78 is 5.76. The molecule has 20 heavy (non-hydrogen) atoms. The number of hydrogen-bond acceptors (Lipinski definition) is 4. The van der Waals surface area contributed by atoms with Gasteiger partial charge in [-0.3, -0.25) is 4.98 Å². The predicted molar refractivity (Wildman–Crippen MR) is 78.2 cm³/mol. The molecular formula is C16H20N2O2. The first-order chi connectivity index (χ1) is 9.63.